The Morgan fingerprint density at radius 3 is 2.47 bits per heavy atom. The van der Waals surface area contributed by atoms with E-state index in [4.69, 9.17) is 15.5 Å². The van der Waals surface area contributed by atoms with Gasteiger partial charge in [-0.2, -0.15) is 0 Å². The first-order valence-electron chi connectivity index (χ1n) is 13.1. The zero-order chi connectivity index (χ0) is 26.8. The molecule has 1 aliphatic carbocycles. The maximum absolute atomic E-state index is 13.5. The number of benzene rings is 1. The van der Waals surface area contributed by atoms with Gasteiger partial charge in [0.05, 0.1) is 17.0 Å². The molecule has 0 radical (unpaired) electrons. The number of carbonyl (C=O) groups is 1. The van der Waals surface area contributed by atoms with Gasteiger partial charge in [0.15, 0.2) is 0 Å². The zero-order valence-electron chi connectivity index (χ0n) is 22.1. The number of piperidine rings is 1. The fraction of sp³-hybridized carbons (Fsp3) is 0.367. The predicted octanol–water partition coefficient (Wildman–Crippen LogP) is 4.75. The number of aromatic nitrogens is 3. The highest BCUT2D eigenvalue weighted by Gasteiger charge is 2.59. The van der Waals surface area contributed by atoms with E-state index >= 15 is 0 Å². The van der Waals surface area contributed by atoms with Crippen LogP contribution in [0.1, 0.15) is 48.0 Å². The Morgan fingerprint density at radius 1 is 1.11 bits per heavy atom. The van der Waals surface area contributed by atoms with Crippen LogP contribution in [-0.4, -0.2) is 44.4 Å². The van der Waals surface area contributed by atoms with Crippen molar-refractivity contribution >= 4 is 11.6 Å². The molecule has 3 aromatic heterocycles. The molecule has 4 heterocycles. The summed E-state index contributed by atoms with van der Waals surface area (Å²) in [4.78, 5) is 24.6. The summed E-state index contributed by atoms with van der Waals surface area (Å²) >= 11 is 0. The normalized spacial score (nSPS) is 20.6. The molecule has 1 saturated carbocycles. The summed E-state index contributed by atoms with van der Waals surface area (Å²) in [5.41, 5.74) is 11.8. The number of hydrogen-bond acceptors (Lipinski definition) is 5. The van der Waals surface area contributed by atoms with Crippen LogP contribution in [0.4, 0.5) is 4.39 Å². The Bertz CT molecular complexity index is 1530. The van der Waals surface area contributed by atoms with Crippen molar-refractivity contribution in [3.05, 3.63) is 83.1 Å². The number of nitrogens with zero attached hydrogens (tertiary/aromatic N) is 4. The molecule has 3 atom stereocenters. The maximum Gasteiger partial charge on any atom is 0.255 e. The first-order valence-corrected chi connectivity index (χ1v) is 13.1. The highest BCUT2D eigenvalue weighted by Crippen LogP contribution is 2.48. The summed E-state index contributed by atoms with van der Waals surface area (Å²) in [5, 5.41) is 0. The molecule has 1 aromatic carbocycles. The molecule has 4 aromatic rings. The molecule has 1 saturated heterocycles. The SMILES string of the molecule is CCc1cc(C(=O)N2C[C@@H]3C(Oc4cc(C(C)(C)N)cc(-c5ccc(F)cc5)n4)[C@@H]3C2)cn2cc(C)nc12. The number of hydrogen-bond donors (Lipinski definition) is 1. The number of carbonyl (C=O) groups excluding carboxylic acids is 1. The van der Waals surface area contributed by atoms with Crippen LogP contribution in [-0.2, 0) is 12.0 Å². The van der Waals surface area contributed by atoms with Crippen molar-refractivity contribution in [1.29, 1.82) is 0 Å². The molecule has 1 aliphatic heterocycles. The molecule has 6 rings (SSSR count). The Kier molecular flexibility index (Phi) is 5.76. The van der Waals surface area contributed by atoms with E-state index in [-0.39, 0.29) is 29.7 Å². The van der Waals surface area contributed by atoms with Gasteiger partial charge in [-0.15, -0.1) is 0 Å². The lowest BCUT2D eigenvalue weighted by Crippen LogP contribution is -2.33. The predicted molar refractivity (Wildman–Crippen MR) is 143 cm³/mol. The number of imidazole rings is 1. The van der Waals surface area contributed by atoms with Gasteiger partial charge in [-0.1, -0.05) is 6.92 Å². The van der Waals surface area contributed by atoms with E-state index in [1.807, 2.05) is 60.7 Å². The Morgan fingerprint density at radius 2 is 1.82 bits per heavy atom. The summed E-state index contributed by atoms with van der Waals surface area (Å²) in [6.45, 7) is 9.22. The monoisotopic (exact) mass is 513 g/mol. The first kappa shape index (κ1) is 24.6. The van der Waals surface area contributed by atoms with Crippen LogP contribution in [0.5, 0.6) is 5.88 Å². The van der Waals surface area contributed by atoms with E-state index in [1.165, 1.54) is 12.1 Å². The van der Waals surface area contributed by atoms with Crippen molar-refractivity contribution in [2.75, 3.05) is 13.1 Å². The number of halogens is 1. The highest BCUT2D eigenvalue weighted by molar-refractivity contribution is 5.95. The van der Waals surface area contributed by atoms with Gasteiger partial charge in [-0.25, -0.2) is 14.4 Å². The number of likely N-dealkylation sites (tertiary alicyclic amines) is 1. The molecule has 1 unspecified atom stereocenters. The van der Waals surface area contributed by atoms with E-state index in [0.29, 0.717) is 30.2 Å². The van der Waals surface area contributed by atoms with Crippen LogP contribution < -0.4 is 10.5 Å². The van der Waals surface area contributed by atoms with Crippen molar-refractivity contribution < 1.29 is 13.9 Å². The largest absolute Gasteiger partial charge is 0.474 e. The third kappa shape index (κ3) is 4.43. The standard InChI is InChI=1S/C30H32FN5O2/c1-5-18-10-20(14-35-13-17(2)33-28(18)35)29(37)36-15-23-24(16-36)27(23)38-26-12-21(30(3,4)32)11-25(34-26)19-6-8-22(31)9-7-19/h6-14,23-24,27H,5,15-16,32H2,1-4H3/t23-,24+,27?. The lowest BCUT2D eigenvalue weighted by atomic mass is 9.95. The van der Waals surface area contributed by atoms with Crippen molar-refractivity contribution in [1.82, 2.24) is 19.3 Å². The average molecular weight is 514 g/mol. The van der Waals surface area contributed by atoms with Gasteiger partial charge >= 0.3 is 0 Å². The molecule has 8 heteroatoms. The second-order valence-corrected chi connectivity index (χ2v) is 11.1. The summed E-state index contributed by atoms with van der Waals surface area (Å²) in [6.07, 6.45) is 4.66. The van der Waals surface area contributed by atoms with Crippen molar-refractivity contribution in [2.24, 2.45) is 17.6 Å². The summed E-state index contributed by atoms with van der Waals surface area (Å²) in [7, 11) is 0. The number of aryl methyl sites for hydroxylation is 2. The fourth-order valence-corrected chi connectivity index (χ4v) is 5.51. The van der Waals surface area contributed by atoms with Crippen LogP contribution in [0.3, 0.4) is 0 Å². The third-order valence-electron chi connectivity index (χ3n) is 7.72. The van der Waals surface area contributed by atoms with Gasteiger partial charge in [0.25, 0.3) is 5.91 Å². The van der Waals surface area contributed by atoms with Gasteiger partial charge in [0, 0.05) is 54.5 Å². The fourth-order valence-electron chi connectivity index (χ4n) is 5.51. The van der Waals surface area contributed by atoms with Crippen LogP contribution >= 0.6 is 0 Å². The second-order valence-electron chi connectivity index (χ2n) is 11.1. The van der Waals surface area contributed by atoms with Crippen LogP contribution in [0.2, 0.25) is 0 Å². The van der Waals surface area contributed by atoms with Crippen molar-refractivity contribution in [3.8, 4) is 17.1 Å². The van der Waals surface area contributed by atoms with Gasteiger partial charge in [0.2, 0.25) is 5.88 Å². The van der Waals surface area contributed by atoms with Gasteiger partial charge in [0.1, 0.15) is 17.6 Å². The number of pyridine rings is 2. The van der Waals surface area contributed by atoms with Gasteiger partial charge in [-0.3, -0.25) is 4.79 Å². The van der Waals surface area contributed by atoms with Crippen LogP contribution in [0.15, 0.2) is 54.9 Å². The summed E-state index contributed by atoms with van der Waals surface area (Å²) in [6, 6.07) is 12.0. The number of rotatable bonds is 6. The second kappa shape index (κ2) is 8.91. The molecule has 38 heavy (non-hydrogen) atoms. The minimum absolute atomic E-state index is 0.00809. The molecule has 1 amide bonds. The Labute approximate surface area is 221 Å². The molecular formula is C30H32FN5O2. The number of fused-ring (bicyclic) bond motifs is 2. The molecule has 196 valence electrons. The molecular weight excluding hydrogens is 481 g/mol. The van der Waals surface area contributed by atoms with Gasteiger partial charge in [-0.05, 0) is 74.7 Å². The number of amides is 1. The Hall–Kier alpha value is -3.78. The van der Waals surface area contributed by atoms with E-state index in [2.05, 4.69) is 11.9 Å². The molecule has 7 nitrogen and oxygen atoms in total. The summed E-state index contributed by atoms with van der Waals surface area (Å²) < 4.78 is 21.8. The van der Waals surface area contributed by atoms with E-state index in [1.54, 1.807) is 12.1 Å². The lowest BCUT2D eigenvalue weighted by molar-refractivity contribution is 0.0751. The number of ether oxygens (including phenoxy) is 1. The lowest BCUT2D eigenvalue weighted by Gasteiger charge is -2.23. The van der Waals surface area contributed by atoms with Crippen LogP contribution in [0.25, 0.3) is 16.9 Å². The van der Waals surface area contributed by atoms with Crippen molar-refractivity contribution in [2.45, 2.75) is 45.8 Å². The van der Waals surface area contributed by atoms with E-state index in [9.17, 15) is 9.18 Å². The van der Waals surface area contributed by atoms with Crippen molar-refractivity contribution in [3.63, 3.8) is 0 Å². The topological polar surface area (TPSA) is 85.8 Å². The molecule has 0 bridgehead atoms. The number of nitrogens with two attached hydrogens (primary N) is 1. The van der Waals surface area contributed by atoms with E-state index < -0.39 is 5.54 Å². The first-order chi connectivity index (χ1) is 18.1. The van der Waals surface area contributed by atoms with Crippen LogP contribution in [0, 0.1) is 24.6 Å². The van der Waals surface area contributed by atoms with Gasteiger partial charge < -0.3 is 19.8 Å². The summed E-state index contributed by atoms with van der Waals surface area (Å²) in [5.74, 6) is 0.800. The Balaban J connectivity index is 1.18. The van der Waals surface area contributed by atoms with E-state index in [0.717, 1.165) is 34.5 Å². The molecule has 2 fully saturated rings. The third-order valence-corrected chi connectivity index (χ3v) is 7.72. The minimum Gasteiger partial charge on any atom is -0.474 e. The maximum atomic E-state index is 13.5. The quantitative estimate of drug-likeness (QED) is 0.402. The molecule has 0 spiro atoms. The molecule has 2 aliphatic rings. The molecule has 2 N–H and O–H groups in total. The zero-order valence-corrected chi connectivity index (χ0v) is 22.1. The average Bonchev–Trinajstić information content (AvgIpc) is 3.20. The minimum atomic E-state index is -0.593. The highest BCUT2D eigenvalue weighted by atomic mass is 19.1. The smallest absolute Gasteiger partial charge is 0.255 e.